The average Bonchev–Trinajstić information content (AvgIpc) is 2.79. The van der Waals surface area contributed by atoms with Crippen molar-refractivity contribution in [2.45, 2.75) is 13.3 Å². The molecule has 0 spiro atoms. The Balaban J connectivity index is 1.86. The Morgan fingerprint density at radius 2 is 2.14 bits per heavy atom. The van der Waals surface area contributed by atoms with Gasteiger partial charge < -0.3 is 10.1 Å². The van der Waals surface area contributed by atoms with Gasteiger partial charge in [-0.2, -0.15) is 5.10 Å². The van der Waals surface area contributed by atoms with E-state index >= 15 is 0 Å². The quantitative estimate of drug-likeness (QED) is 0.454. The molecular formula is C13H21N5O4. The monoisotopic (exact) mass is 311 g/mol. The van der Waals surface area contributed by atoms with Crippen LogP contribution in [0.1, 0.15) is 22.6 Å². The second-order valence-corrected chi connectivity index (χ2v) is 5.23. The van der Waals surface area contributed by atoms with Crippen LogP contribution < -0.4 is 5.32 Å². The summed E-state index contributed by atoms with van der Waals surface area (Å²) in [5.74, 6) is -0.461. The van der Waals surface area contributed by atoms with Crippen LogP contribution in [0.25, 0.3) is 0 Å². The van der Waals surface area contributed by atoms with Crippen molar-refractivity contribution in [2.75, 3.05) is 39.4 Å². The molecule has 9 nitrogen and oxygen atoms in total. The van der Waals surface area contributed by atoms with Gasteiger partial charge in [0.05, 0.1) is 18.1 Å². The maximum Gasteiger partial charge on any atom is 0.322 e. The van der Waals surface area contributed by atoms with Crippen LogP contribution in [0.15, 0.2) is 0 Å². The maximum absolute atomic E-state index is 12.1. The van der Waals surface area contributed by atoms with Gasteiger partial charge in [-0.1, -0.05) is 0 Å². The normalized spacial score (nSPS) is 15.7. The van der Waals surface area contributed by atoms with Crippen LogP contribution in [-0.2, 0) is 11.8 Å². The van der Waals surface area contributed by atoms with E-state index in [9.17, 15) is 14.9 Å². The van der Waals surface area contributed by atoms with Crippen LogP contribution in [-0.4, -0.2) is 64.9 Å². The lowest BCUT2D eigenvalue weighted by Crippen LogP contribution is -2.38. The number of hydrogen-bond acceptors (Lipinski definition) is 6. The van der Waals surface area contributed by atoms with Gasteiger partial charge in [0.25, 0.3) is 5.91 Å². The Bertz CT molecular complexity index is 551. The molecule has 2 heterocycles. The minimum Gasteiger partial charge on any atom is -0.379 e. The van der Waals surface area contributed by atoms with E-state index in [4.69, 9.17) is 4.74 Å². The zero-order chi connectivity index (χ0) is 16.1. The minimum absolute atomic E-state index is 0.00567. The van der Waals surface area contributed by atoms with Crippen LogP contribution in [0.3, 0.4) is 0 Å². The lowest BCUT2D eigenvalue weighted by Gasteiger charge is -2.26. The number of amides is 1. The summed E-state index contributed by atoms with van der Waals surface area (Å²) in [7, 11) is 1.53. The van der Waals surface area contributed by atoms with E-state index in [0.29, 0.717) is 6.54 Å². The molecule has 0 atom stereocenters. The summed E-state index contributed by atoms with van der Waals surface area (Å²) >= 11 is 0. The fraction of sp³-hybridized carbons (Fsp3) is 0.692. The number of rotatable bonds is 6. The highest BCUT2D eigenvalue weighted by molar-refractivity contribution is 5.96. The highest BCUT2D eigenvalue weighted by atomic mass is 16.6. The predicted octanol–water partition coefficient (Wildman–Crippen LogP) is 0.0888. The molecule has 1 amide bonds. The van der Waals surface area contributed by atoms with Crippen LogP contribution >= 0.6 is 0 Å². The molecule has 1 N–H and O–H groups in total. The number of nitrogens with one attached hydrogen (secondary N) is 1. The number of hydrogen-bond donors (Lipinski definition) is 1. The van der Waals surface area contributed by atoms with Crippen LogP contribution in [0.4, 0.5) is 5.69 Å². The SMILES string of the molecule is Cc1nn(C)c(C(=O)NCCCN2CCOCC2)c1[N+](=O)[O-]. The second kappa shape index (κ2) is 7.32. The molecule has 0 radical (unpaired) electrons. The van der Waals surface area contributed by atoms with E-state index in [1.165, 1.54) is 18.7 Å². The second-order valence-electron chi connectivity index (χ2n) is 5.23. The van der Waals surface area contributed by atoms with Crippen LogP contribution in [0.2, 0.25) is 0 Å². The first-order chi connectivity index (χ1) is 10.5. The molecule has 0 bridgehead atoms. The molecule has 122 valence electrons. The molecule has 0 aromatic carbocycles. The van der Waals surface area contributed by atoms with Crippen LogP contribution in [0, 0.1) is 17.0 Å². The first kappa shape index (κ1) is 16.4. The van der Waals surface area contributed by atoms with Gasteiger partial charge in [-0.05, 0) is 19.9 Å². The third-order valence-corrected chi connectivity index (χ3v) is 3.63. The van der Waals surface area contributed by atoms with Gasteiger partial charge in [-0.3, -0.25) is 24.5 Å². The summed E-state index contributed by atoms with van der Waals surface area (Å²) in [6.45, 7) is 6.15. The number of aromatic nitrogens is 2. The molecule has 0 unspecified atom stereocenters. The highest BCUT2D eigenvalue weighted by Crippen LogP contribution is 2.21. The number of carbonyl (C=O) groups is 1. The van der Waals surface area contributed by atoms with Crippen molar-refractivity contribution < 1.29 is 14.5 Å². The van der Waals surface area contributed by atoms with E-state index in [0.717, 1.165) is 39.3 Å². The molecule has 1 aliphatic rings. The van der Waals surface area contributed by atoms with Gasteiger partial charge in [0, 0.05) is 26.7 Å². The summed E-state index contributed by atoms with van der Waals surface area (Å²) in [4.78, 5) is 24.9. The first-order valence-electron chi connectivity index (χ1n) is 7.27. The summed E-state index contributed by atoms with van der Waals surface area (Å²) in [5.41, 5.74) is 0.00742. The molecule has 22 heavy (non-hydrogen) atoms. The van der Waals surface area contributed by atoms with Crippen molar-refractivity contribution in [1.82, 2.24) is 20.0 Å². The molecule has 9 heteroatoms. The van der Waals surface area contributed by atoms with Crippen molar-refractivity contribution in [3.8, 4) is 0 Å². The van der Waals surface area contributed by atoms with E-state index in [1.54, 1.807) is 0 Å². The Kier molecular flexibility index (Phi) is 5.45. The van der Waals surface area contributed by atoms with E-state index in [1.807, 2.05) is 0 Å². The summed E-state index contributed by atoms with van der Waals surface area (Å²) in [6, 6.07) is 0. The Labute approximate surface area is 128 Å². The van der Waals surface area contributed by atoms with Gasteiger partial charge in [-0.15, -0.1) is 0 Å². The standard InChI is InChI=1S/C13H21N5O4/c1-10-11(18(20)21)12(16(2)15-10)13(19)14-4-3-5-17-6-8-22-9-7-17/h3-9H2,1-2H3,(H,14,19). The number of nitro groups is 1. The Morgan fingerprint density at radius 1 is 1.45 bits per heavy atom. The molecule has 1 aromatic rings. The Hall–Kier alpha value is -2.00. The summed E-state index contributed by atoms with van der Waals surface area (Å²) in [5, 5.41) is 17.7. The number of nitrogens with zero attached hydrogens (tertiary/aromatic N) is 4. The molecule has 1 aromatic heterocycles. The van der Waals surface area contributed by atoms with Crippen molar-refractivity contribution in [2.24, 2.45) is 7.05 Å². The highest BCUT2D eigenvalue weighted by Gasteiger charge is 2.28. The fourth-order valence-electron chi connectivity index (χ4n) is 2.53. The smallest absolute Gasteiger partial charge is 0.322 e. The number of morpholine rings is 1. The lowest BCUT2D eigenvalue weighted by molar-refractivity contribution is -0.385. The zero-order valence-corrected chi connectivity index (χ0v) is 12.9. The molecule has 0 aliphatic carbocycles. The molecular weight excluding hydrogens is 290 g/mol. The largest absolute Gasteiger partial charge is 0.379 e. The predicted molar refractivity (Wildman–Crippen MR) is 78.8 cm³/mol. The fourth-order valence-corrected chi connectivity index (χ4v) is 2.53. The van der Waals surface area contributed by atoms with Gasteiger partial charge >= 0.3 is 5.69 Å². The van der Waals surface area contributed by atoms with E-state index in [2.05, 4.69) is 15.3 Å². The van der Waals surface area contributed by atoms with E-state index in [-0.39, 0.29) is 17.1 Å². The van der Waals surface area contributed by atoms with Crippen molar-refractivity contribution >= 4 is 11.6 Å². The molecule has 1 saturated heterocycles. The first-order valence-corrected chi connectivity index (χ1v) is 7.27. The molecule has 1 fully saturated rings. The zero-order valence-electron chi connectivity index (χ0n) is 12.9. The van der Waals surface area contributed by atoms with Crippen molar-refractivity contribution in [1.29, 1.82) is 0 Å². The lowest BCUT2D eigenvalue weighted by atomic mass is 10.2. The average molecular weight is 311 g/mol. The van der Waals surface area contributed by atoms with E-state index < -0.39 is 10.8 Å². The van der Waals surface area contributed by atoms with Gasteiger partial charge in [0.15, 0.2) is 0 Å². The van der Waals surface area contributed by atoms with Crippen LogP contribution in [0.5, 0.6) is 0 Å². The molecule has 1 aliphatic heterocycles. The summed E-state index contributed by atoms with van der Waals surface area (Å²) in [6.07, 6.45) is 0.788. The number of carbonyl (C=O) groups excluding carboxylic acids is 1. The number of ether oxygens (including phenoxy) is 1. The van der Waals surface area contributed by atoms with Gasteiger partial charge in [0.2, 0.25) is 5.69 Å². The Morgan fingerprint density at radius 3 is 2.77 bits per heavy atom. The maximum atomic E-state index is 12.1. The van der Waals surface area contributed by atoms with Gasteiger partial charge in [-0.25, -0.2) is 0 Å². The molecule has 0 saturated carbocycles. The van der Waals surface area contributed by atoms with Crippen molar-refractivity contribution in [3.05, 3.63) is 21.5 Å². The number of aryl methyl sites for hydroxylation is 2. The third-order valence-electron chi connectivity index (χ3n) is 3.63. The molecule has 2 rings (SSSR count). The van der Waals surface area contributed by atoms with Gasteiger partial charge in [0.1, 0.15) is 5.69 Å². The topological polar surface area (TPSA) is 103 Å². The van der Waals surface area contributed by atoms with Crippen molar-refractivity contribution in [3.63, 3.8) is 0 Å². The summed E-state index contributed by atoms with van der Waals surface area (Å²) < 4.78 is 6.52. The third kappa shape index (κ3) is 3.80. The minimum atomic E-state index is -0.565.